The zero-order valence-corrected chi connectivity index (χ0v) is 8.67. The van der Waals surface area contributed by atoms with Gasteiger partial charge in [-0.3, -0.25) is 0 Å². The lowest BCUT2D eigenvalue weighted by atomic mass is 9.95. The summed E-state index contributed by atoms with van der Waals surface area (Å²) in [5, 5.41) is 39.3. The molecule has 0 amide bonds. The van der Waals surface area contributed by atoms with Crippen molar-refractivity contribution in [2.75, 3.05) is 13.2 Å². The van der Waals surface area contributed by atoms with Crippen LogP contribution in [0.4, 0.5) is 0 Å². The number of hydrogen-bond acceptors (Lipinski definition) is 7. The Bertz CT molecular complexity index is 255. The largest absolute Gasteiger partial charge is 0.394 e. The van der Waals surface area contributed by atoms with E-state index in [-0.39, 0.29) is 6.54 Å². The summed E-state index contributed by atoms with van der Waals surface area (Å²) in [6, 6.07) is 0. The van der Waals surface area contributed by atoms with E-state index < -0.39 is 37.1 Å². The number of isothiocyanates is 1. The van der Waals surface area contributed by atoms with Crippen molar-refractivity contribution in [1.29, 1.82) is 0 Å². The molecule has 0 spiro atoms. The minimum Gasteiger partial charge on any atom is -0.394 e. The van der Waals surface area contributed by atoms with Gasteiger partial charge in [0.2, 0.25) is 0 Å². The summed E-state index contributed by atoms with van der Waals surface area (Å²) in [6.07, 6.45) is -5.64. The molecule has 5 atom stereocenters. The number of hydrogen-bond donors (Lipinski definition) is 4. The van der Waals surface area contributed by atoms with E-state index in [0.29, 0.717) is 0 Å². The Hall–Kier alpha value is -0.400. The highest BCUT2D eigenvalue weighted by Gasteiger charge is 2.43. The van der Waals surface area contributed by atoms with E-state index in [0.717, 1.165) is 0 Å². The van der Waals surface area contributed by atoms with Crippen molar-refractivity contribution in [3.63, 3.8) is 0 Å². The fraction of sp³-hybridized carbons (Fsp3) is 0.875. The fourth-order valence-electron chi connectivity index (χ4n) is 1.46. The Morgan fingerprint density at radius 3 is 2.27 bits per heavy atom. The molecule has 0 saturated carbocycles. The second kappa shape index (κ2) is 5.62. The molecule has 1 unspecified atom stereocenters. The van der Waals surface area contributed by atoms with Crippen molar-refractivity contribution in [3.05, 3.63) is 0 Å². The Morgan fingerprint density at radius 1 is 1.13 bits per heavy atom. The topological polar surface area (TPSA) is 103 Å². The minimum atomic E-state index is -1.36. The molecule has 1 aliphatic heterocycles. The molecule has 4 N–H and O–H groups in total. The van der Waals surface area contributed by atoms with Gasteiger partial charge in [0.15, 0.2) is 0 Å². The number of ether oxygens (including phenoxy) is 1. The summed E-state index contributed by atoms with van der Waals surface area (Å²) in [7, 11) is 0. The predicted molar refractivity (Wildman–Crippen MR) is 53.7 cm³/mol. The van der Waals surface area contributed by atoms with Gasteiger partial charge >= 0.3 is 0 Å². The first kappa shape index (κ1) is 12.7. The van der Waals surface area contributed by atoms with Crippen molar-refractivity contribution in [3.8, 4) is 0 Å². The number of thiocarbonyl (C=S) groups is 1. The maximum atomic E-state index is 9.51. The van der Waals surface area contributed by atoms with E-state index in [1.54, 1.807) is 0 Å². The third-order valence-corrected chi connectivity index (χ3v) is 2.46. The minimum absolute atomic E-state index is 0.0327. The summed E-state index contributed by atoms with van der Waals surface area (Å²) in [6.45, 7) is -0.409. The van der Waals surface area contributed by atoms with Crippen LogP contribution in [0.25, 0.3) is 0 Å². The SMILES string of the molecule is OC[C@H]1OC(CN=C=S)[C@H](O)[C@@H](O)[C@@H]1O. The molecule has 0 bridgehead atoms. The van der Waals surface area contributed by atoms with Gasteiger partial charge in [0.25, 0.3) is 0 Å². The van der Waals surface area contributed by atoms with E-state index in [4.69, 9.17) is 9.84 Å². The molecular formula is C8H13NO5S. The van der Waals surface area contributed by atoms with E-state index in [9.17, 15) is 15.3 Å². The lowest BCUT2D eigenvalue weighted by Gasteiger charge is -2.39. The van der Waals surface area contributed by atoms with Gasteiger partial charge in [-0.15, -0.1) is 0 Å². The van der Waals surface area contributed by atoms with Crippen LogP contribution in [-0.2, 0) is 4.74 Å². The first-order valence-electron chi connectivity index (χ1n) is 4.46. The summed E-state index contributed by atoms with van der Waals surface area (Å²) in [4.78, 5) is 3.58. The van der Waals surface area contributed by atoms with Gasteiger partial charge in [-0.2, -0.15) is 0 Å². The van der Waals surface area contributed by atoms with Crippen LogP contribution in [-0.4, -0.2) is 69.3 Å². The third kappa shape index (κ3) is 2.79. The molecule has 1 saturated heterocycles. The van der Waals surface area contributed by atoms with E-state index in [2.05, 4.69) is 22.4 Å². The molecule has 0 aromatic rings. The molecule has 0 aromatic carbocycles. The van der Waals surface area contributed by atoms with Crippen molar-refractivity contribution in [2.45, 2.75) is 30.5 Å². The Labute approximate surface area is 91.8 Å². The summed E-state index contributed by atoms with van der Waals surface area (Å²) in [5.74, 6) is 0. The molecule has 1 fully saturated rings. The summed E-state index contributed by atoms with van der Waals surface area (Å²) >= 11 is 4.35. The molecule has 0 aliphatic carbocycles. The van der Waals surface area contributed by atoms with Crippen LogP contribution in [0.2, 0.25) is 0 Å². The smallest absolute Gasteiger partial charge is 0.111 e. The molecular weight excluding hydrogens is 222 g/mol. The molecule has 1 aliphatic rings. The lowest BCUT2D eigenvalue weighted by molar-refractivity contribution is -0.226. The zero-order chi connectivity index (χ0) is 11.4. The molecule has 15 heavy (non-hydrogen) atoms. The summed E-state index contributed by atoms with van der Waals surface area (Å²) in [5.41, 5.74) is 0. The molecule has 0 radical (unpaired) electrons. The van der Waals surface area contributed by atoms with Crippen molar-refractivity contribution in [2.24, 2.45) is 4.99 Å². The highest BCUT2D eigenvalue weighted by molar-refractivity contribution is 7.78. The predicted octanol–water partition coefficient (Wildman–Crippen LogP) is -2.07. The van der Waals surface area contributed by atoms with Crippen LogP contribution in [0.3, 0.4) is 0 Å². The van der Waals surface area contributed by atoms with Gasteiger partial charge in [0.1, 0.15) is 30.5 Å². The first-order chi connectivity index (χ1) is 7.11. The lowest BCUT2D eigenvalue weighted by Crippen LogP contribution is -2.59. The first-order valence-corrected chi connectivity index (χ1v) is 4.86. The molecule has 1 rings (SSSR count). The molecule has 7 heteroatoms. The van der Waals surface area contributed by atoms with Crippen LogP contribution in [0.15, 0.2) is 4.99 Å². The van der Waals surface area contributed by atoms with Crippen LogP contribution < -0.4 is 0 Å². The van der Waals surface area contributed by atoms with E-state index in [1.807, 2.05) is 0 Å². The average Bonchev–Trinajstić information content (AvgIpc) is 2.25. The Balaban J connectivity index is 2.69. The van der Waals surface area contributed by atoms with Gasteiger partial charge in [-0.25, -0.2) is 4.99 Å². The van der Waals surface area contributed by atoms with Gasteiger partial charge in [-0.1, -0.05) is 0 Å². The standard InChI is InChI=1S/C8H13NO5S/c10-2-5-7(12)8(13)6(11)4(14-5)1-9-3-15/h4-8,10-13H,1-2H2/t4?,5-,6+,7-,8-/m1/s1. The quantitative estimate of drug-likeness (QED) is 0.331. The van der Waals surface area contributed by atoms with Gasteiger partial charge < -0.3 is 25.2 Å². The normalized spacial score (nSPS) is 40.9. The Kier molecular flexibility index (Phi) is 4.75. The Morgan fingerprint density at radius 2 is 1.73 bits per heavy atom. The van der Waals surface area contributed by atoms with Crippen LogP contribution in [0.5, 0.6) is 0 Å². The van der Waals surface area contributed by atoms with Crippen LogP contribution in [0, 0.1) is 0 Å². The zero-order valence-electron chi connectivity index (χ0n) is 7.85. The van der Waals surface area contributed by atoms with E-state index >= 15 is 0 Å². The van der Waals surface area contributed by atoms with E-state index in [1.165, 1.54) is 0 Å². The number of aliphatic imine (C=N–C) groups is 1. The van der Waals surface area contributed by atoms with Gasteiger partial charge in [-0.05, 0) is 12.2 Å². The van der Waals surface area contributed by atoms with Gasteiger partial charge in [0.05, 0.1) is 18.3 Å². The molecule has 86 valence electrons. The number of rotatable bonds is 3. The van der Waals surface area contributed by atoms with Crippen molar-refractivity contribution < 1.29 is 25.2 Å². The molecule has 6 nitrogen and oxygen atoms in total. The van der Waals surface area contributed by atoms with Crippen LogP contribution >= 0.6 is 12.2 Å². The highest BCUT2D eigenvalue weighted by atomic mass is 32.1. The van der Waals surface area contributed by atoms with Crippen LogP contribution in [0.1, 0.15) is 0 Å². The molecule has 1 heterocycles. The number of aliphatic hydroxyl groups excluding tert-OH is 4. The maximum absolute atomic E-state index is 9.51. The second-order valence-electron chi connectivity index (χ2n) is 3.30. The number of aliphatic hydroxyl groups is 4. The van der Waals surface area contributed by atoms with Gasteiger partial charge in [0, 0.05) is 0 Å². The van der Waals surface area contributed by atoms with Crippen molar-refractivity contribution in [1.82, 2.24) is 0 Å². The van der Waals surface area contributed by atoms with Crippen molar-refractivity contribution >= 4 is 17.4 Å². The second-order valence-corrected chi connectivity index (χ2v) is 3.48. The highest BCUT2D eigenvalue weighted by Crippen LogP contribution is 2.21. The average molecular weight is 235 g/mol. The monoisotopic (exact) mass is 235 g/mol. The molecule has 0 aromatic heterocycles. The summed E-state index contributed by atoms with van der Waals surface area (Å²) < 4.78 is 5.14. The number of nitrogens with zero attached hydrogens (tertiary/aromatic N) is 1. The maximum Gasteiger partial charge on any atom is 0.111 e. The fourth-order valence-corrected chi connectivity index (χ4v) is 1.53. The third-order valence-electron chi connectivity index (χ3n) is 2.33.